The highest BCUT2D eigenvalue weighted by Gasteiger charge is 2.32. The van der Waals surface area contributed by atoms with Crippen molar-refractivity contribution in [3.63, 3.8) is 0 Å². The van der Waals surface area contributed by atoms with Crippen molar-refractivity contribution in [2.45, 2.75) is 32.4 Å². The minimum absolute atomic E-state index is 0.0344. The third kappa shape index (κ3) is 5.62. The lowest BCUT2D eigenvalue weighted by Crippen LogP contribution is -2.13. The summed E-state index contributed by atoms with van der Waals surface area (Å²) in [6.45, 7) is 3.07. The Bertz CT molecular complexity index is 1400. The monoisotopic (exact) mass is 495 g/mol. The molecule has 0 aliphatic carbocycles. The van der Waals surface area contributed by atoms with E-state index in [9.17, 15) is 22.8 Å². The van der Waals surface area contributed by atoms with Gasteiger partial charge in [0, 0.05) is 42.0 Å². The van der Waals surface area contributed by atoms with Gasteiger partial charge in [-0.1, -0.05) is 18.1 Å². The molecule has 1 aromatic carbocycles. The van der Waals surface area contributed by atoms with E-state index in [1.54, 1.807) is 37.5 Å². The fourth-order valence-corrected chi connectivity index (χ4v) is 3.50. The number of alkyl halides is 3. The van der Waals surface area contributed by atoms with E-state index < -0.39 is 23.6 Å². The van der Waals surface area contributed by atoms with Gasteiger partial charge in [-0.3, -0.25) is 14.6 Å². The van der Waals surface area contributed by atoms with Gasteiger partial charge in [0.05, 0.1) is 17.0 Å². The molecule has 4 aromatic rings. The van der Waals surface area contributed by atoms with Crippen LogP contribution >= 0.6 is 0 Å². The summed E-state index contributed by atoms with van der Waals surface area (Å²) < 4.78 is 44.5. The number of amides is 1. The Hall–Kier alpha value is -4.41. The molecule has 36 heavy (non-hydrogen) atoms. The van der Waals surface area contributed by atoms with Crippen LogP contribution in [0.15, 0.2) is 65.7 Å². The Morgan fingerprint density at radius 1 is 1.06 bits per heavy atom. The summed E-state index contributed by atoms with van der Waals surface area (Å²) in [5.74, 6) is -1.63. The first-order valence-corrected chi connectivity index (χ1v) is 10.8. The first-order chi connectivity index (χ1) is 17.1. The number of pyridine rings is 1. The number of Topliss-reactive ketones (excluding diaryl/α,β-unsaturated/α-hetero) is 1. The van der Waals surface area contributed by atoms with Crippen LogP contribution in [-0.2, 0) is 6.18 Å². The van der Waals surface area contributed by atoms with Crippen LogP contribution in [0.3, 0.4) is 0 Å². The molecule has 0 aliphatic rings. The maximum Gasteiger partial charge on any atom is 0.416 e. The lowest BCUT2D eigenvalue weighted by atomic mass is 9.98. The molecular formula is C25H20F3N5O3. The predicted molar refractivity (Wildman–Crippen MR) is 123 cm³/mol. The number of carbonyl (C=O) groups excluding carboxylic acids is 2. The van der Waals surface area contributed by atoms with Crippen molar-refractivity contribution in [3.8, 4) is 11.3 Å². The Morgan fingerprint density at radius 2 is 1.81 bits per heavy atom. The summed E-state index contributed by atoms with van der Waals surface area (Å²) in [5.41, 5.74) is 1.10. The van der Waals surface area contributed by atoms with Gasteiger partial charge in [-0.25, -0.2) is 9.97 Å². The first kappa shape index (κ1) is 24.7. The highest BCUT2D eigenvalue weighted by molar-refractivity contribution is 6.02. The third-order valence-corrected chi connectivity index (χ3v) is 5.48. The average molecular weight is 495 g/mol. The summed E-state index contributed by atoms with van der Waals surface area (Å²) >= 11 is 0. The van der Waals surface area contributed by atoms with E-state index in [-0.39, 0.29) is 34.9 Å². The minimum atomic E-state index is -4.55. The molecule has 0 fully saturated rings. The minimum Gasteiger partial charge on any atom is -0.351 e. The van der Waals surface area contributed by atoms with Crippen LogP contribution in [0.25, 0.3) is 11.3 Å². The molecule has 3 heterocycles. The number of nitrogens with one attached hydrogen (secondary N) is 1. The highest BCUT2D eigenvalue weighted by Crippen LogP contribution is 2.33. The second-order valence-electron chi connectivity index (χ2n) is 8.15. The van der Waals surface area contributed by atoms with Crippen LogP contribution in [0, 0.1) is 6.92 Å². The molecule has 4 rings (SSSR count). The molecule has 1 atom stereocenters. The molecule has 3 aromatic heterocycles. The van der Waals surface area contributed by atoms with E-state index in [2.05, 4.69) is 25.4 Å². The average Bonchev–Trinajstić information content (AvgIpc) is 3.36. The molecule has 0 aliphatic heterocycles. The lowest BCUT2D eigenvalue weighted by molar-refractivity contribution is -0.138. The van der Waals surface area contributed by atoms with Crippen LogP contribution < -0.4 is 5.32 Å². The molecule has 0 saturated heterocycles. The van der Waals surface area contributed by atoms with Crippen molar-refractivity contribution in [1.29, 1.82) is 0 Å². The quantitative estimate of drug-likeness (QED) is 0.338. The van der Waals surface area contributed by atoms with Gasteiger partial charge in [-0.05, 0) is 42.8 Å². The summed E-state index contributed by atoms with van der Waals surface area (Å²) in [7, 11) is 0. The summed E-state index contributed by atoms with van der Waals surface area (Å²) in [6.07, 6.45) is 0.0322. The maximum absolute atomic E-state index is 13.1. The Kier molecular flexibility index (Phi) is 6.91. The van der Waals surface area contributed by atoms with Crippen LogP contribution in [-0.4, -0.2) is 31.8 Å². The zero-order valence-corrected chi connectivity index (χ0v) is 19.2. The number of hydrogen-bond donors (Lipinski definition) is 1. The summed E-state index contributed by atoms with van der Waals surface area (Å²) in [6, 6.07) is 9.96. The van der Waals surface area contributed by atoms with Crippen molar-refractivity contribution >= 4 is 17.4 Å². The number of anilines is 1. The Labute approximate surface area is 203 Å². The largest absolute Gasteiger partial charge is 0.416 e. The number of carbonyl (C=O) groups is 2. The van der Waals surface area contributed by atoms with E-state index in [4.69, 9.17) is 4.52 Å². The Morgan fingerprint density at radius 3 is 2.53 bits per heavy atom. The van der Waals surface area contributed by atoms with Gasteiger partial charge >= 0.3 is 6.18 Å². The second-order valence-corrected chi connectivity index (χ2v) is 8.15. The number of aryl methyl sites for hydroxylation is 1. The zero-order chi connectivity index (χ0) is 25.9. The first-order valence-electron chi connectivity index (χ1n) is 10.8. The number of aromatic nitrogens is 4. The van der Waals surface area contributed by atoms with Crippen LogP contribution in [0.2, 0.25) is 0 Å². The van der Waals surface area contributed by atoms with Gasteiger partial charge in [-0.15, -0.1) is 0 Å². The van der Waals surface area contributed by atoms with E-state index >= 15 is 0 Å². The molecule has 0 radical (unpaired) electrons. The topological polar surface area (TPSA) is 111 Å². The number of benzene rings is 1. The molecule has 0 spiro atoms. The molecule has 0 unspecified atom stereocenters. The number of halogens is 3. The maximum atomic E-state index is 13.1. The van der Waals surface area contributed by atoms with Crippen LogP contribution in [0.1, 0.15) is 57.1 Å². The van der Waals surface area contributed by atoms with Gasteiger partial charge in [0.2, 0.25) is 5.76 Å². The third-order valence-electron chi connectivity index (χ3n) is 5.48. The van der Waals surface area contributed by atoms with Crippen LogP contribution in [0.5, 0.6) is 0 Å². The smallest absolute Gasteiger partial charge is 0.351 e. The number of hydrogen-bond acceptors (Lipinski definition) is 7. The van der Waals surface area contributed by atoms with Gasteiger partial charge in [0.25, 0.3) is 5.91 Å². The van der Waals surface area contributed by atoms with Gasteiger partial charge in [0.1, 0.15) is 12.0 Å². The van der Waals surface area contributed by atoms with Crippen molar-refractivity contribution in [2.75, 3.05) is 5.32 Å². The fraction of sp³-hybridized carbons (Fsp3) is 0.200. The molecular weight excluding hydrogens is 475 g/mol. The van der Waals surface area contributed by atoms with Crippen molar-refractivity contribution in [3.05, 3.63) is 89.5 Å². The van der Waals surface area contributed by atoms with E-state index in [0.717, 1.165) is 11.6 Å². The lowest BCUT2D eigenvalue weighted by Gasteiger charge is -2.12. The number of rotatable bonds is 7. The highest BCUT2D eigenvalue weighted by atomic mass is 19.4. The van der Waals surface area contributed by atoms with Gasteiger partial charge in [0.15, 0.2) is 5.78 Å². The Balaban J connectivity index is 1.43. The molecule has 0 bridgehead atoms. The van der Waals surface area contributed by atoms with Gasteiger partial charge < -0.3 is 9.84 Å². The molecule has 11 heteroatoms. The number of ketones is 1. The fourth-order valence-electron chi connectivity index (χ4n) is 3.50. The van der Waals surface area contributed by atoms with Crippen molar-refractivity contribution in [1.82, 2.24) is 20.1 Å². The molecule has 0 saturated carbocycles. The van der Waals surface area contributed by atoms with E-state index in [1.165, 1.54) is 31.5 Å². The van der Waals surface area contributed by atoms with Crippen LogP contribution in [0.4, 0.5) is 18.9 Å². The predicted octanol–water partition coefficient (Wildman–Crippen LogP) is 5.48. The van der Waals surface area contributed by atoms with Crippen molar-refractivity contribution in [2.24, 2.45) is 0 Å². The van der Waals surface area contributed by atoms with E-state index in [0.29, 0.717) is 11.4 Å². The van der Waals surface area contributed by atoms with Crippen molar-refractivity contribution < 1.29 is 27.3 Å². The standard InChI is InChI=1S/C25H20F3N5O3/c1-14-3-4-17(10-18(14)25(26,27)28)32-24(35)23-12-19(33-36-23)15(2)9-22(34)21-11-20(30-13-31-21)16-5-7-29-8-6-16/h3-8,10-13,15H,9H2,1-2H3,(H,32,35)/t15-/m0/s1. The molecule has 1 N–H and O–H groups in total. The summed E-state index contributed by atoms with van der Waals surface area (Å²) in [5, 5.41) is 6.23. The van der Waals surface area contributed by atoms with E-state index in [1.807, 2.05) is 0 Å². The normalized spacial score (nSPS) is 12.2. The van der Waals surface area contributed by atoms with Gasteiger partial charge in [-0.2, -0.15) is 13.2 Å². The SMILES string of the molecule is Cc1ccc(NC(=O)c2cc([C@@H](C)CC(=O)c3cc(-c4ccncc4)ncn3)no2)cc1C(F)(F)F. The second kappa shape index (κ2) is 10.1. The zero-order valence-electron chi connectivity index (χ0n) is 19.2. The molecule has 1 amide bonds. The summed E-state index contributed by atoms with van der Waals surface area (Å²) in [4.78, 5) is 37.5. The molecule has 184 valence electrons. The number of nitrogens with zero attached hydrogens (tertiary/aromatic N) is 4. The molecule has 8 nitrogen and oxygen atoms in total.